The van der Waals surface area contributed by atoms with Crippen LogP contribution in [0.2, 0.25) is 0 Å². The number of rotatable bonds is 5. The van der Waals surface area contributed by atoms with Gasteiger partial charge in [-0.3, -0.25) is 9.88 Å². The van der Waals surface area contributed by atoms with Gasteiger partial charge in [0.2, 0.25) is 0 Å². The Hall–Kier alpha value is -3.30. The van der Waals surface area contributed by atoms with Gasteiger partial charge >= 0.3 is 0 Å². The number of hydrogen-bond donors (Lipinski definition) is 1. The van der Waals surface area contributed by atoms with Crippen LogP contribution in [0.1, 0.15) is 24.0 Å². The number of nitrogens with zero attached hydrogens (tertiary/aromatic N) is 3. The Balaban J connectivity index is 1.48. The lowest BCUT2D eigenvalue weighted by Gasteiger charge is -2.32. The van der Waals surface area contributed by atoms with Crippen molar-refractivity contribution in [3.8, 4) is 23.3 Å². The number of aromatic hydroxyl groups is 1. The molecule has 1 N–H and O–H groups in total. The van der Waals surface area contributed by atoms with Gasteiger partial charge < -0.3 is 14.6 Å². The van der Waals surface area contributed by atoms with Gasteiger partial charge in [-0.05, 0) is 24.5 Å². The summed E-state index contributed by atoms with van der Waals surface area (Å²) in [6.07, 6.45) is 3.26. The minimum atomic E-state index is -0.0808. The molecule has 0 spiro atoms. The maximum atomic E-state index is 10.4. The lowest BCUT2D eigenvalue weighted by molar-refractivity contribution is 0.0944. The highest BCUT2D eigenvalue weighted by Crippen LogP contribution is 2.37. The molecule has 3 aromatic rings. The second-order valence-corrected chi connectivity index (χ2v) is 7.23. The lowest BCUT2D eigenvalue weighted by Crippen LogP contribution is -2.37. The van der Waals surface area contributed by atoms with E-state index in [0.29, 0.717) is 22.4 Å². The highest BCUT2D eigenvalue weighted by molar-refractivity contribution is 5.89. The van der Waals surface area contributed by atoms with E-state index in [4.69, 9.17) is 14.7 Å². The van der Waals surface area contributed by atoms with Crippen LogP contribution in [0.5, 0.6) is 17.2 Å². The van der Waals surface area contributed by atoms with E-state index >= 15 is 0 Å². The van der Waals surface area contributed by atoms with Gasteiger partial charge in [0.05, 0.1) is 12.6 Å². The molecule has 0 amide bonds. The van der Waals surface area contributed by atoms with Crippen molar-refractivity contribution in [2.24, 2.45) is 0 Å². The molecule has 0 unspecified atom stereocenters. The summed E-state index contributed by atoms with van der Waals surface area (Å²) in [7, 11) is 1.58. The summed E-state index contributed by atoms with van der Waals surface area (Å²) in [5.41, 5.74) is 2.02. The van der Waals surface area contributed by atoms with Crippen LogP contribution in [-0.2, 0) is 6.54 Å². The van der Waals surface area contributed by atoms with E-state index in [1.54, 1.807) is 19.2 Å². The maximum Gasteiger partial charge on any atom is 0.162 e. The quantitative estimate of drug-likeness (QED) is 0.714. The molecule has 6 nitrogen and oxygen atoms in total. The minimum absolute atomic E-state index is 0.0719. The summed E-state index contributed by atoms with van der Waals surface area (Å²) in [6.45, 7) is 2.87. The van der Waals surface area contributed by atoms with Crippen molar-refractivity contribution >= 4 is 10.9 Å². The Bertz CT molecular complexity index is 1040. The van der Waals surface area contributed by atoms with Crippen molar-refractivity contribution in [2.75, 3.05) is 20.2 Å². The minimum Gasteiger partial charge on any atom is -0.506 e. The molecular formula is C23H23N3O3. The molecule has 1 fully saturated rings. The standard InChI is InChI=1S/C23H23N3O3/c1-28-21-12-20-19(23(27)17(13-24)14-25-20)11-22(21)29-18-7-9-26(10-8-18)15-16-5-3-2-4-6-16/h2-6,11-12,14,18H,7-10,15H2,1H3,(H,25,27). The molecule has 0 bridgehead atoms. The second-order valence-electron chi connectivity index (χ2n) is 7.23. The van der Waals surface area contributed by atoms with E-state index in [2.05, 4.69) is 34.1 Å². The number of methoxy groups -OCH3 is 1. The van der Waals surface area contributed by atoms with Gasteiger partial charge in [0.1, 0.15) is 23.5 Å². The number of fused-ring (bicyclic) bond motifs is 1. The zero-order valence-electron chi connectivity index (χ0n) is 16.3. The van der Waals surface area contributed by atoms with Gasteiger partial charge in [0.15, 0.2) is 11.5 Å². The number of pyridine rings is 1. The first-order chi connectivity index (χ1) is 14.2. The van der Waals surface area contributed by atoms with E-state index in [0.717, 1.165) is 32.5 Å². The fourth-order valence-corrected chi connectivity index (χ4v) is 3.73. The Morgan fingerprint density at radius 2 is 1.93 bits per heavy atom. The highest BCUT2D eigenvalue weighted by atomic mass is 16.5. The third-order valence-corrected chi connectivity index (χ3v) is 5.32. The molecule has 1 aliphatic rings. The van der Waals surface area contributed by atoms with Gasteiger partial charge in [-0.25, -0.2) is 0 Å². The highest BCUT2D eigenvalue weighted by Gasteiger charge is 2.22. The number of nitriles is 1. The average Bonchev–Trinajstić information content (AvgIpc) is 2.76. The van der Waals surface area contributed by atoms with Crippen LogP contribution < -0.4 is 9.47 Å². The fraction of sp³-hybridized carbons (Fsp3) is 0.304. The van der Waals surface area contributed by atoms with Crippen molar-refractivity contribution in [3.05, 3.63) is 59.8 Å². The third-order valence-electron chi connectivity index (χ3n) is 5.32. The molecule has 0 aliphatic carbocycles. The van der Waals surface area contributed by atoms with Crippen LogP contribution >= 0.6 is 0 Å². The third kappa shape index (κ3) is 4.10. The first-order valence-electron chi connectivity index (χ1n) is 9.70. The molecule has 29 heavy (non-hydrogen) atoms. The number of likely N-dealkylation sites (tertiary alicyclic amines) is 1. The summed E-state index contributed by atoms with van der Waals surface area (Å²) >= 11 is 0. The average molecular weight is 389 g/mol. The van der Waals surface area contributed by atoms with E-state index in [1.165, 1.54) is 11.8 Å². The largest absolute Gasteiger partial charge is 0.506 e. The van der Waals surface area contributed by atoms with Crippen molar-refractivity contribution in [1.82, 2.24) is 9.88 Å². The van der Waals surface area contributed by atoms with E-state index in [1.807, 2.05) is 12.1 Å². The maximum absolute atomic E-state index is 10.4. The molecule has 6 heteroatoms. The molecular weight excluding hydrogens is 366 g/mol. The lowest BCUT2D eigenvalue weighted by atomic mass is 10.1. The number of hydrogen-bond acceptors (Lipinski definition) is 6. The van der Waals surface area contributed by atoms with Gasteiger partial charge in [0, 0.05) is 37.3 Å². The van der Waals surface area contributed by atoms with Gasteiger partial charge in [-0.1, -0.05) is 30.3 Å². The molecule has 2 aromatic carbocycles. The van der Waals surface area contributed by atoms with Crippen LogP contribution in [0.25, 0.3) is 10.9 Å². The number of aromatic nitrogens is 1. The van der Waals surface area contributed by atoms with Crippen molar-refractivity contribution < 1.29 is 14.6 Å². The summed E-state index contributed by atoms with van der Waals surface area (Å²) in [5, 5.41) is 20.0. The van der Waals surface area contributed by atoms with Crippen LogP contribution in [0.15, 0.2) is 48.7 Å². The summed E-state index contributed by atoms with van der Waals surface area (Å²) in [6, 6.07) is 15.9. The predicted molar refractivity (Wildman–Crippen MR) is 110 cm³/mol. The molecule has 2 heterocycles. The Kier molecular flexibility index (Phi) is 5.50. The zero-order valence-corrected chi connectivity index (χ0v) is 16.3. The normalized spacial score (nSPS) is 15.2. The molecule has 4 rings (SSSR count). The summed E-state index contributed by atoms with van der Waals surface area (Å²) < 4.78 is 11.7. The fourth-order valence-electron chi connectivity index (χ4n) is 3.73. The van der Waals surface area contributed by atoms with Crippen molar-refractivity contribution in [3.63, 3.8) is 0 Å². The van der Waals surface area contributed by atoms with E-state index < -0.39 is 0 Å². The first kappa shape index (κ1) is 19.0. The molecule has 0 saturated carbocycles. The van der Waals surface area contributed by atoms with Crippen LogP contribution in [0.3, 0.4) is 0 Å². The Morgan fingerprint density at radius 1 is 1.17 bits per heavy atom. The van der Waals surface area contributed by atoms with E-state index in [9.17, 15) is 5.11 Å². The topological polar surface area (TPSA) is 78.6 Å². The molecule has 148 valence electrons. The molecule has 0 radical (unpaired) electrons. The molecule has 1 aliphatic heterocycles. The predicted octanol–water partition coefficient (Wildman–Crippen LogP) is 3.86. The summed E-state index contributed by atoms with van der Waals surface area (Å²) in [5.74, 6) is 1.05. The van der Waals surface area contributed by atoms with Crippen molar-refractivity contribution in [2.45, 2.75) is 25.5 Å². The van der Waals surface area contributed by atoms with Gasteiger partial charge in [-0.15, -0.1) is 0 Å². The van der Waals surface area contributed by atoms with E-state index in [-0.39, 0.29) is 17.4 Å². The molecule has 1 aromatic heterocycles. The Morgan fingerprint density at radius 3 is 2.62 bits per heavy atom. The number of piperidine rings is 1. The number of ether oxygens (including phenoxy) is 2. The molecule has 0 atom stereocenters. The van der Waals surface area contributed by atoms with Crippen molar-refractivity contribution in [1.29, 1.82) is 5.26 Å². The van der Waals surface area contributed by atoms with Gasteiger partial charge in [0.25, 0.3) is 0 Å². The summed E-state index contributed by atoms with van der Waals surface area (Å²) in [4.78, 5) is 6.67. The monoisotopic (exact) mass is 389 g/mol. The van der Waals surface area contributed by atoms with Crippen LogP contribution in [0, 0.1) is 11.3 Å². The van der Waals surface area contributed by atoms with Crippen LogP contribution in [-0.4, -0.2) is 41.3 Å². The number of benzene rings is 2. The first-order valence-corrected chi connectivity index (χ1v) is 9.70. The Labute approximate surface area is 169 Å². The van der Waals surface area contributed by atoms with Gasteiger partial charge in [-0.2, -0.15) is 5.26 Å². The SMILES string of the molecule is COc1cc2ncc(C#N)c(O)c2cc1OC1CCN(Cc2ccccc2)CC1. The van der Waals surface area contributed by atoms with Crippen LogP contribution in [0.4, 0.5) is 0 Å². The second kappa shape index (κ2) is 8.38. The zero-order chi connectivity index (χ0) is 20.2. The molecule has 1 saturated heterocycles. The smallest absolute Gasteiger partial charge is 0.162 e.